The highest BCUT2D eigenvalue weighted by Crippen LogP contribution is 2.33. The zero-order chi connectivity index (χ0) is 22.6. The Hall–Kier alpha value is -2.58. The van der Waals surface area contributed by atoms with Crippen LogP contribution in [-0.4, -0.2) is 45.3 Å². The number of fused-ring (bicyclic) bond motifs is 1. The van der Waals surface area contributed by atoms with Gasteiger partial charge in [-0.05, 0) is 62.6 Å². The highest BCUT2D eigenvalue weighted by molar-refractivity contribution is 5.85. The molecule has 8 nitrogen and oxygen atoms in total. The van der Waals surface area contributed by atoms with Crippen molar-refractivity contribution in [3.8, 4) is 5.75 Å². The molecule has 4 N–H and O–H groups in total. The predicted octanol–water partition coefficient (Wildman–Crippen LogP) is 4.71. The molecule has 0 aliphatic heterocycles. The number of benzene rings is 1. The third-order valence-corrected chi connectivity index (χ3v) is 7.11. The van der Waals surface area contributed by atoms with Gasteiger partial charge >= 0.3 is 0 Å². The van der Waals surface area contributed by atoms with Crippen LogP contribution in [0.25, 0.3) is 11.2 Å². The van der Waals surface area contributed by atoms with Crippen molar-refractivity contribution >= 4 is 35.3 Å². The lowest BCUT2D eigenvalue weighted by atomic mass is 9.92. The summed E-state index contributed by atoms with van der Waals surface area (Å²) in [5, 5.41) is 7.12. The minimum atomic E-state index is 0. The molecule has 5 rings (SSSR count). The largest absolute Gasteiger partial charge is 0.497 e. The molecule has 3 aromatic rings. The Labute approximate surface area is 207 Å². The maximum absolute atomic E-state index is 6.10. The van der Waals surface area contributed by atoms with Crippen LogP contribution >= 0.6 is 12.4 Å². The second kappa shape index (κ2) is 11.2. The van der Waals surface area contributed by atoms with Crippen molar-refractivity contribution < 1.29 is 4.74 Å². The summed E-state index contributed by atoms with van der Waals surface area (Å²) in [4.78, 5) is 14.5. The van der Waals surface area contributed by atoms with Gasteiger partial charge in [0.2, 0.25) is 5.95 Å². The topological polar surface area (TPSA) is 103 Å². The summed E-state index contributed by atoms with van der Waals surface area (Å²) < 4.78 is 7.52. The molecule has 184 valence electrons. The predicted molar refractivity (Wildman–Crippen MR) is 139 cm³/mol. The minimum Gasteiger partial charge on any atom is -0.497 e. The van der Waals surface area contributed by atoms with E-state index in [0.717, 1.165) is 61.4 Å². The van der Waals surface area contributed by atoms with Crippen molar-refractivity contribution in [1.29, 1.82) is 0 Å². The lowest BCUT2D eigenvalue weighted by Crippen LogP contribution is -2.33. The van der Waals surface area contributed by atoms with Gasteiger partial charge in [-0.3, -0.25) is 0 Å². The molecule has 0 unspecified atom stereocenters. The van der Waals surface area contributed by atoms with E-state index in [9.17, 15) is 0 Å². The number of halogens is 1. The third kappa shape index (κ3) is 5.55. The van der Waals surface area contributed by atoms with Gasteiger partial charge in [0.05, 0.1) is 13.4 Å². The van der Waals surface area contributed by atoms with Crippen LogP contribution in [0.3, 0.4) is 0 Å². The van der Waals surface area contributed by atoms with Crippen LogP contribution in [-0.2, 0) is 6.42 Å². The lowest BCUT2D eigenvalue weighted by Gasteiger charge is -2.27. The van der Waals surface area contributed by atoms with Crippen LogP contribution in [0, 0.1) is 0 Å². The van der Waals surface area contributed by atoms with Gasteiger partial charge in [-0.1, -0.05) is 25.0 Å². The SMILES string of the molecule is COc1ccc(CCNc2nc(NC3CCC(N)CC3)nc3c2ncn3C2CCCC2)cc1.Cl. The number of nitrogens with two attached hydrogens (primary N) is 1. The molecule has 0 saturated heterocycles. The summed E-state index contributed by atoms with van der Waals surface area (Å²) in [7, 11) is 1.69. The first-order chi connectivity index (χ1) is 16.2. The normalized spacial score (nSPS) is 20.8. The number of rotatable bonds is 8. The summed E-state index contributed by atoms with van der Waals surface area (Å²) in [6.07, 6.45) is 12.0. The van der Waals surface area contributed by atoms with E-state index in [2.05, 4.69) is 27.3 Å². The molecule has 2 aromatic heterocycles. The second-order valence-electron chi connectivity index (χ2n) is 9.44. The number of anilines is 2. The molecule has 0 bridgehead atoms. The van der Waals surface area contributed by atoms with E-state index in [0.29, 0.717) is 24.1 Å². The number of aromatic nitrogens is 4. The van der Waals surface area contributed by atoms with Crippen LogP contribution in [0.5, 0.6) is 5.75 Å². The molecule has 0 atom stereocenters. The Morgan fingerprint density at radius 1 is 1.03 bits per heavy atom. The summed E-state index contributed by atoms with van der Waals surface area (Å²) in [5.41, 5.74) is 9.13. The first-order valence-corrected chi connectivity index (χ1v) is 12.3. The van der Waals surface area contributed by atoms with Crippen LogP contribution < -0.4 is 21.1 Å². The molecule has 0 radical (unpaired) electrons. The van der Waals surface area contributed by atoms with Crippen molar-refractivity contribution in [3.63, 3.8) is 0 Å². The number of nitrogens with zero attached hydrogens (tertiary/aromatic N) is 4. The van der Waals surface area contributed by atoms with Crippen molar-refractivity contribution in [3.05, 3.63) is 36.2 Å². The van der Waals surface area contributed by atoms with Crippen molar-refractivity contribution in [2.45, 2.75) is 75.9 Å². The van der Waals surface area contributed by atoms with Crippen molar-refractivity contribution in [1.82, 2.24) is 19.5 Å². The first-order valence-electron chi connectivity index (χ1n) is 12.3. The quantitative estimate of drug-likeness (QED) is 0.424. The summed E-state index contributed by atoms with van der Waals surface area (Å²) >= 11 is 0. The zero-order valence-corrected chi connectivity index (χ0v) is 20.7. The van der Waals surface area contributed by atoms with Crippen LogP contribution in [0.1, 0.15) is 63.0 Å². The average molecular weight is 486 g/mol. The molecule has 0 spiro atoms. The van der Waals surface area contributed by atoms with Gasteiger partial charge in [0.15, 0.2) is 17.0 Å². The maximum Gasteiger partial charge on any atom is 0.227 e. The van der Waals surface area contributed by atoms with E-state index >= 15 is 0 Å². The number of imidazole rings is 1. The van der Waals surface area contributed by atoms with Gasteiger partial charge < -0.3 is 25.7 Å². The Morgan fingerprint density at radius 2 is 1.76 bits per heavy atom. The smallest absolute Gasteiger partial charge is 0.227 e. The fraction of sp³-hybridized carbons (Fsp3) is 0.560. The highest BCUT2D eigenvalue weighted by Gasteiger charge is 2.23. The van der Waals surface area contributed by atoms with Gasteiger partial charge in [0.25, 0.3) is 0 Å². The fourth-order valence-corrected chi connectivity index (χ4v) is 5.12. The molecule has 2 aliphatic carbocycles. The zero-order valence-electron chi connectivity index (χ0n) is 19.9. The van der Waals surface area contributed by atoms with E-state index in [1.54, 1.807) is 7.11 Å². The van der Waals surface area contributed by atoms with E-state index in [4.69, 9.17) is 25.4 Å². The van der Waals surface area contributed by atoms with Crippen LogP contribution in [0.15, 0.2) is 30.6 Å². The standard InChI is InChI=1S/C25H35N7O.ClH/c1-33-21-12-6-17(7-13-21)14-15-27-23-22-24(32(16-28-22)20-4-2-3-5-20)31-25(30-23)29-19-10-8-18(26)9-11-19;/h6-7,12-13,16,18-20H,2-5,8-11,14-15,26H2,1H3,(H2,27,29,30,31);1H. The molecule has 2 saturated carbocycles. The Balaban J connectivity index is 0.00000274. The maximum atomic E-state index is 6.10. The van der Waals surface area contributed by atoms with Crippen molar-refractivity contribution in [2.75, 3.05) is 24.3 Å². The molecule has 0 amide bonds. The third-order valence-electron chi connectivity index (χ3n) is 7.11. The summed E-state index contributed by atoms with van der Waals surface area (Å²) in [6.45, 7) is 0.770. The van der Waals surface area contributed by atoms with E-state index in [1.165, 1.54) is 31.2 Å². The van der Waals surface area contributed by atoms with Gasteiger partial charge in [0.1, 0.15) is 5.75 Å². The Bertz CT molecular complexity index is 1060. The first kappa shape index (κ1) is 24.5. The number of methoxy groups -OCH3 is 1. The molecule has 2 fully saturated rings. The molecule has 1 aromatic carbocycles. The fourth-order valence-electron chi connectivity index (χ4n) is 5.12. The molecule has 9 heteroatoms. The Morgan fingerprint density at radius 3 is 2.47 bits per heavy atom. The van der Waals surface area contributed by atoms with Crippen molar-refractivity contribution in [2.24, 2.45) is 5.73 Å². The molecule has 2 aliphatic rings. The number of nitrogens with one attached hydrogen (secondary N) is 2. The van der Waals surface area contributed by atoms with Gasteiger partial charge in [0, 0.05) is 24.7 Å². The number of hydrogen-bond acceptors (Lipinski definition) is 7. The average Bonchev–Trinajstić information content (AvgIpc) is 3.51. The summed E-state index contributed by atoms with van der Waals surface area (Å²) in [6, 6.07) is 9.39. The van der Waals surface area contributed by atoms with E-state index in [1.807, 2.05) is 18.5 Å². The van der Waals surface area contributed by atoms with E-state index in [-0.39, 0.29) is 12.4 Å². The molecular formula is C25H36ClN7O. The number of hydrogen-bond donors (Lipinski definition) is 3. The molecular weight excluding hydrogens is 450 g/mol. The van der Waals surface area contributed by atoms with Gasteiger partial charge in [-0.15, -0.1) is 12.4 Å². The van der Waals surface area contributed by atoms with Gasteiger partial charge in [-0.25, -0.2) is 4.98 Å². The molecule has 34 heavy (non-hydrogen) atoms. The van der Waals surface area contributed by atoms with Crippen LogP contribution in [0.2, 0.25) is 0 Å². The number of ether oxygens (including phenoxy) is 1. The van der Waals surface area contributed by atoms with E-state index < -0.39 is 0 Å². The summed E-state index contributed by atoms with van der Waals surface area (Å²) in [5.74, 6) is 2.37. The monoisotopic (exact) mass is 485 g/mol. The van der Waals surface area contributed by atoms with Crippen LogP contribution in [0.4, 0.5) is 11.8 Å². The Kier molecular flexibility index (Phi) is 8.11. The second-order valence-corrected chi connectivity index (χ2v) is 9.44. The van der Waals surface area contributed by atoms with Gasteiger partial charge in [-0.2, -0.15) is 9.97 Å². The molecule has 2 heterocycles. The minimum absolute atomic E-state index is 0. The lowest BCUT2D eigenvalue weighted by molar-refractivity contribution is 0.410. The highest BCUT2D eigenvalue weighted by atomic mass is 35.5.